The summed E-state index contributed by atoms with van der Waals surface area (Å²) in [5.74, 6) is 0.625. The number of nitrogens with zero attached hydrogens (tertiary/aromatic N) is 1. The van der Waals surface area contributed by atoms with E-state index >= 15 is 0 Å². The zero-order valence-electron chi connectivity index (χ0n) is 5.76. The molecule has 10 heavy (non-hydrogen) atoms. The van der Waals surface area contributed by atoms with Gasteiger partial charge in [-0.25, -0.2) is 4.98 Å². The lowest BCUT2D eigenvalue weighted by molar-refractivity contribution is 1.25. The van der Waals surface area contributed by atoms with Crippen LogP contribution in [0.3, 0.4) is 0 Å². The van der Waals surface area contributed by atoms with Gasteiger partial charge in [-0.1, -0.05) is 0 Å². The fourth-order valence-electron chi connectivity index (χ4n) is 0.685. The molecule has 0 aliphatic carbocycles. The van der Waals surface area contributed by atoms with Gasteiger partial charge in [-0.05, 0) is 12.1 Å². The van der Waals surface area contributed by atoms with E-state index in [4.69, 9.17) is 12.7 Å². The van der Waals surface area contributed by atoms with E-state index in [0.29, 0.717) is 17.2 Å². The van der Waals surface area contributed by atoms with Crippen LogP contribution in [0.15, 0.2) is 12.1 Å². The van der Waals surface area contributed by atoms with Crippen molar-refractivity contribution in [3.05, 3.63) is 24.8 Å². The summed E-state index contributed by atoms with van der Waals surface area (Å²) >= 11 is 0. The molecule has 1 aromatic heterocycles. The van der Waals surface area contributed by atoms with Crippen molar-refractivity contribution in [2.24, 2.45) is 0 Å². The molecule has 3 heteroatoms. The van der Waals surface area contributed by atoms with E-state index in [1.807, 2.05) is 0 Å². The minimum absolute atomic E-state index is 0.471. The number of nitrogen functional groups attached to an aromatic ring is 1. The lowest BCUT2D eigenvalue weighted by Gasteiger charge is -2.02. The molecule has 3 N–H and O–H groups in total. The second-order valence-electron chi connectivity index (χ2n) is 1.92. The Morgan fingerprint density at radius 2 is 2.30 bits per heavy atom. The van der Waals surface area contributed by atoms with Crippen LogP contribution in [0.25, 0.3) is 0 Å². The van der Waals surface area contributed by atoms with Crippen LogP contribution in [-0.2, 0) is 0 Å². The monoisotopic (exact) mass is 135 g/mol. The third kappa shape index (κ3) is 1.18. The fraction of sp³-hybridized carbons (Fsp3) is 0.143. The molecule has 0 fully saturated rings. The smallest absolute Gasteiger partial charge is 0.149 e. The largest absolute Gasteiger partial charge is 0.396 e. The number of aromatic nitrogens is 1. The molecule has 1 rings (SSSR count). The Balaban J connectivity index is 3.09. The predicted octanol–water partition coefficient (Wildman–Crippen LogP) is 0.765. The molecule has 0 saturated carbocycles. The van der Waals surface area contributed by atoms with Crippen LogP contribution < -0.4 is 11.1 Å². The highest BCUT2D eigenvalue weighted by Gasteiger charge is 1.95. The predicted molar refractivity (Wildman–Crippen MR) is 41.6 cm³/mol. The lowest BCUT2D eigenvalue weighted by Crippen LogP contribution is -1.99. The summed E-state index contributed by atoms with van der Waals surface area (Å²) in [6.07, 6.45) is 0. The minimum atomic E-state index is 0.471. The number of anilines is 2. The molecule has 0 aliphatic heterocycles. The maximum absolute atomic E-state index is 5.52. The van der Waals surface area contributed by atoms with Crippen molar-refractivity contribution in [2.45, 2.75) is 0 Å². The number of pyridine rings is 1. The van der Waals surface area contributed by atoms with Gasteiger partial charge in [0.15, 0.2) is 0 Å². The van der Waals surface area contributed by atoms with Gasteiger partial charge in [-0.2, -0.15) is 0 Å². The summed E-state index contributed by atoms with van der Waals surface area (Å²) in [6, 6.07) is 3.38. The van der Waals surface area contributed by atoms with Gasteiger partial charge in [0, 0.05) is 19.7 Å². The summed E-state index contributed by atoms with van der Waals surface area (Å²) in [7, 11) is 1.75. The molecule has 52 valence electrons. The number of nitrogens with one attached hydrogen (secondary N) is 1. The van der Waals surface area contributed by atoms with E-state index in [1.165, 1.54) is 0 Å². The molecular formula is C7H9N3. The molecule has 0 aliphatic rings. The Hall–Kier alpha value is -1.25. The zero-order valence-corrected chi connectivity index (χ0v) is 5.76. The van der Waals surface area contributed by atoms with Crippen molar-refractivity contribution in [3.8, 4) is 0 Å². The van der Waals surface area contributed by atoms with Crippen LogP contribution in [0.2, 0.25) is 0 Å². The van der Waals surface area contributed by atoms with Crippen LogP contribution >= 0.6 is 0 Å². The molecule has 1 heterocycles. The molecule has 0 saturated heterocycles. The summed E-state index contributed by atoms with van der Waals surface area (Å²) in [6.45, 7) is 5.40. The van der Waals surface area contributed by atoms with Crippen LogP contribution in [-0.4, -0.2) is 12.0 Å². The summed E-state index contributed by atoms with van der Waals surface area (Å²) < 4.78 is 0. The Morgan fingerprint density at radius 3 is 2.80 bits per heavy atom. The first-order chi connectivity index (χ1) is 4.74. The highest BCUT2D eigenvalue weighted by Crippen LogP contribution is 2.13. The van der Waals surface area contributed by atoms with E-state index in [0.717, 1.165) is 0 Å². The third-order valence-electron chi connectivity index (χ3n) is 1.18. The van der Waals surface area contributed by atoms with Crippen LogP contribution in [0.1, 0.15) is 5.69 Å². The Kier molecular flexibility index (Phi) is 1.76. The van der Waals surface area contributed by atoms with Gasteiger partial charge < -0.3 is 11.1 Å². The van der Waals surface area contributed by atoms with Crippen molar-refractivity contribution in [2.75, 3.05) is 18.1 Å². The van der Waals surface area contributed by atoms with Crippen molar-refractivity contribution in [3.63, 3.8) is 0 Å². The Morgan fingerprint density at radius 1 is 1.60 bits per heavy atom. The molecule has 0 amide bonds. The SMILES string of the molecule is [CH]c1ccc(N)c(NC)n1. The summed E-state index contributed by atoms with van der Waals surface area (Å²) in [5.41, 5.74) is 6.60. The number of rotatable bonds is 1. The molecule has 0 aromatic carbocycles. The number of hydrogen-bond acceptors (Lipinski definition) is 3. The van der Waals surface area contributed by atoms with E-state index in [-0.39, 0.29) is 0 Å². The van der Waals surface area contributed by atoms with Gasteiger partial charge in [0.05, 0.1) is 5.69 Å². The topological polar surface area (TPSA) is 50.9 Å². The zero-order chi connectivity index (χ0) is 7.56. The van der Waals surface area contributed by atoms with Gasteiger partial charge in [0.1, 0.15) is 5.82 Å². The van der Waals surface area contributed by atoms with Crippen molar-refractivity contribution < 1.29 is 0 Å². The van der Waals surface area contributed by atoms with Crippen LogP contribution in [0.4, 0.5) is 11.5 Å². The molecule has 0 spiro atoms. The minimum Gasteiger partial charge on any atom is -0.396 e. The second kappa shape index (κ2) is 2.56. The first kappa shape index (κ1) is 6.86. The first-order valence-electron chi connectivity index (χ1n) is 2.94. The second-order valence-corrected chi connectivity index (χ2v) is 1.92. The van der Waals surface area contributed by atoms with Gasteiger partial charge in [-0.3, -0.25) is 0 Å². The Labute approximate surface area is 60.3 Å². The quantitative estimate of drug-likeness (QED) is 0.597. The number of nitrogens with two attached hydrogens (primary N) is 1. The normalized spacial score (nSPS) is 9.40. The molecule has 0 atom stereocenters. The van der Waals surface area contributed by atoms with Crippen LogP contribution in [0.5, 0.6) is 0 Å². The van der Waals surface area contributed by atoms with Gasteiger partial charge in [0.25, 0.3) is 0 Å². The van der Waals surface area contributed by atoms with Gasteiger partial charge in [-0.15, -0.1) is 0 Å². The molecule has 3 nitrogen and oxygen atoms in total. The molecule has 0 unspecified atom stereocenters. The maximum atomic E-state index is 5.52. The molecule has 2 radical (unpaired) electrons. The van der Waals surface area contributed by atoms with Crippen molar-refractivity contribution in [1.29, 1.82) is 0 Å². The van der Waals surface area contributed by atoms with Crippen molar-refractivity contribution >= 4 is 11.5 Å². The summed E-state index contributed by atoms with van der Waals surface area (Å²) in [5, 5.41) is 2.82. The average Bonchev–Trinajstić information content (AvgIpc) is 1.94. The molecule has 1 aromatic rings. The van der Waals surface area contributed by atoms with Crippen molar-refractivity contribution in [1.82, 2.24) is 4.98 Å². The molecular weight excluding hydrogens is 126 g/mol. The van der Waals surface area contributed by atoms with E-state index in [2.05, 4.69) is 10.3 Å². The summed E-state index contributed by atoms with van der Waals surface area (Å²) in [4.78, 5) is 3.93. The highest BCUT2D eigenvalue weighted by atomic mass is 15.0. The van der Waals surface area contributed by atoms with Gasteiger partial charge >= 0.3 is 0 Å². The van der Waals surface area contributed by atoms with Gasteiger partial charge in [0.2, 0.25) is 0 Å². The van der Waals surface area contributed by atoms with Crippen LogP contribution in [0, 0.1) is 6.92 Å². The van der Waals surface area contributed by atoms with E-state index < -0.39 is 0 Å². The van der Waals surface area contributed by atoms with E-state index in [1.54, 1.807) is 19.2 Å². The average molecular weight is 135 g/mol. The maximum Gasteiger partial charge on any atom is 0.149 e. The highest BCUT2D eigenvalue weighted by molar-refractivity contribution is 5.60. The third-order valence-corrected chi connectivity index (χ3v) is 1.18. The standard InChI is InChI=1S/C7H9N3/c1-5-3-4-6(8)7(9-2)10-5/h1,3-4H,8H2,2H3,(H,9,10). The fourth-order valence-corrected chi connectivity index (χ4v) is 0.685. The van der Waals surface area contributed by atoms with E-state index in [9.17, 15) is 0 Å². The Bertz CT molecular complexity index is 232. The number of hydrogen-bond donors (Lipinski definition) is 2. The first-order valence-corrected chi connectivity index (χ1v) is 2.94. The molecule has 0 bridgehead atoms. The lowest BCUT2D eigenvalue weighted by atomic mass is 10.3.